The molecule has 0 fully saturated rings. The molecule has 0 radical (unpaired) electrons. The third kappa shape index (κ3) is 3.76. The lowest BCUT2D eigenvalue weighted by Crippen LogP contribution is -2.19. The van der Waals surface area contributed by atoms with Crippen molar-refractivity contribution in [1.29, 1.82) is 0 Å². The number of nitrogens with zero attached hydrogens (tertiary/aromatic N) is 1. The van der Waals surface area contributed by atoms with Crippen LogP contribution in [0.25, 0.3) is 10.9 Å². The monoisotopic (exact) mass is 303 g/mol. The molecule has 0 spiro atoms. The van der Waals surface area contributed by atoms with Crippen LogP contribution in [0.4, 0.5) is 0 Å². The molecular formula is C17H21NO2S. The fraction of sp³-hybridized carbons (Fsp3) is 0.412. The zero-order valence-corrected chi connectivity index (χ0v) is 13.8. The molecule has 1 aromatic heterocycles. The highest BCUT2D eigenvalue weighted by Gasteiger charge is 2.20. The summed E-state index contributed by atoms with van der Waals surface area (Å²) in [7, 11) is 0. The average molecular weight is 303 g/mol. The van der Waals surface area contributed by atoms with E-state index in [9.17, 15) is 4.79 Å². The summed E-state index contributed by atoms with van der Waals surface area (Å²) in [5, 5.41) is 1.85. The second kappa shape index (κ2) is 6.94. The van der Waals surface area contributed by atoms with Crippen LogP contribution >= 0.6 is 11.8 Å². The van der Waals surface area contributed by atoms with Crippen LogP contribution in [0.3, 0.4) is 0 Å². The van der Waals surface area contributed by atoms with Crippen molar-refractivity contribution in [3.63, 3.8) is 0 Å². The van der Waals surface area contributed by atoms with E-state index >= 15 is 0 Å². The Kier molecular flexibility index (Phi) is 5.23. The minimum atomic E-state index is -0.196. The number of aryl methyl sites for hydroxylation is 2. The zero-order valence-electron chi connectivity index (χ0n) is 13.0. The first-order valence-corrected chi connectivity index (χ1v) is 8.14. The van der Waals surface area contributed by atoms with Crippen LogP contribution in [0, 0.1) is 13.8 Å². The molecule has 2 rings (SSSR count). The summed E-state index contributed by atoms with van der Waals surface area (Å²) in [5.74, 6) is -0.157. The third-order valence-electron chi connectivity index (χ3n) is 3.29. The molecule has 21 heavy (non-hydrogen) atoms. The van der Waals surface area contributed by atoms with Crippen LogP contribution < -0.4 is 0 Å². The van der Waals surface area contributed by atoms with E-state index in [1.165, 1.54) is 17.3 Å². The van der Waals surface area contributed by atoms with Gasteiger partial charge in [0.05, 0.1) is 12.1 Å². The van der Waals surface area contributed by atoms with Gasteiger partial charge < -0.3 is 4.74 Å². The fourth-order valence-corrected chi connectivity index (χ4v) is 3.15. The summed E-state index contributed by atoms with van der Waals surface area (Å²) in [4.78, 5) is 16.7. The summed E-state index contributed by atoms with van der Waals surface area (Å²) >= 11 is 1.50. The van der Waals surface area contributed by atoms with Crippen molar-refractivity contribution in [2.75, 3.05) is 6.61 Å². The predicted molar refractivity (Wildman–Crippen MR) is 87.8 cm³/mol. The lowest BCUT2D eigenvalue weighted by atomic mass is 10.1. The molecule has 4 heteroatoms. The number of ether oxygens (including phenoxy) is 1. The van der Waals surface area contributed by atoms with Gasteiger partial charge >= 0.3 is 5.97 Å². The van der Waals surface area contributed by atoms with E-state index in [0.717, 1.165) is 27.9 Å². The molecule has 0 bridgehead atoms. The van der Waals surface area contributed by atoms with Gasteiger partial charge in [0.2, 0.25) is 0 Å². The quantitative estimate of drug-likeness (QED) is 0.610. The molecule has 0 saturated heterocycles. The van der Waals surface area contributed by atoms with Gasteiger partial charge in [0, 0.05) is 5.39 Å². The Labute approximate surface area is 130 Å². The van der Waals surface area contributed by atoms with E-state index in [1.807, 2.05) is 20.8 Å². The molecule has 0 unspecified atom stereocenters. The van der Waals surface area contributed by atoms with E-state index < -0.39 is 0 Å². The Morgan fingerprint density at radius 1 is 1.29 bits per heavy atom. The molecule has 0 amide bonds. The molecule has 112 valence electrons. The zero-order chi connectivity index (χ0) is 15.4. The van der Waals surface area contributed by atoms with Crippen LogP contribution in [-0.2, 0) is 9.53 Å². The van der Waals surface area contributed by atoms with Gasteiger partial charge in [-0.3, -0.25) is 4.79 Å². The Hall–Kier alpha value is -1.55. The predicted octanol–water partition coefficient (Wildman–Crippen LogP) is 4.29. The van der Waals surface area contributed by atoms with Gasteiger partial charge in [-0.25, -0.2) is 4.98 Å². The van der Waals surface area contributed by atoms with Crippen molar-refractivity contribution in [2.24, 2.45) is 0 Å². The number of hydrogen-bond donors (Lipinski definition) is 0. The lowest BCUT2D eigenvalue weighted by Gasteiger charge is -2.14. The number of rotatable bonds is 5. The number of carbonyl (C=O) groups excluding carboxylic acids is 1. The van der Waals surface area contributed by atoms with Gasteiger partial charge in [0.15, 0.2) is 0 Å². The van der Waals surface area contributed by atoms with Gasteiger partial charge in [-0.15, -0.1) is 0 Å². The number of esters is 1. The number of fused-ring (bicyclic) bond motifs is 1. The molecule has 1 atom stereocenters. The van der Waals surface area contributed by atoms with Crippen molar-refractivity contribution >= 4 is 28.6 Å². The molecule has 0 aliphatic heterocycles. The van der Waals surface area contributed by atoms with E-state index in [-0.39, 0.29) is 11.2 Å². The Morgan fingerprint density at radius 2 is 2.05 bits per heavy atom. The van der Waals surface area contributed by atoms with Crippen LogP contribution in [0.2, 0.25) is 0 Å². The summed E-state index contributed by atoms with van der Waals surface area (Å²) < 4.78 is 5.13. The lowest BCUT2D eigenvalue weighted by molar-refractivity contribution is -0.142. The van der Waals surface area contributed by atoms with Crippen LogP contribution in [0.5, 0.6) is 0 Å². The standard InChI is InChI=1S/C17H21NO2S/c1-5-15(17(19)20-6-2)21-16-12(4)10-13-8-7-11(3)9-14(13)18-16/h7-10,15H,5-6H2,1-4H3/t15-/m1/s1. The van der Waals surface area contributed by atoms with Crippen LogP contribution in [0.1, 0.15) is 31.4 Å². The molecule has 0 saturated carbocycles. The second-order valence-electron chi connectivity index (χ2n) is 5.07. The SMILES string of the molecule is CCOC(=O)[C@@H](CC)Sc1nc2cc(C)ccc2cc1C. The van der Waals surface area contributed by atoms with Gasteiger partial charge in [0.25, 0.3) is 0 Å². The van der Waals surface area contributed by atoms with Gasteiger partial charge in [-0.05, 0) is 50.5 Å². The van der Waals surface area contributed by atoms with E-state index in [0.29, 0.717) is 6.61 Å². The van der Waals surface area contributed by atoms with Crippen molar-refractivity contribution in [1.82, 2.24) is 4.98 Å². The number of thioether (sulfide) groups is 1. The maximum Gasteiger partial charge on any atom is 0.319 e. The number of pyridine rings is 1. The molecule has 0 aliphatic carbocycles. The average Bonchev–Trinajstić information content (AvgIpc) is 2.45. The normalized spacial score (nSPS) is 12.4. The highest BCUT2D eigenvalue weighted by Crippen LogP contribution is 2.30. The maximum absolute atomic E-state index is 11.9. The number of hydrogen-bond acceptors (Lipinski definition) is 4. The largest absolute Gasteiger partial charge is 0.465 e. The second-order valence-corrected chi connectivity index (χ2v) is 6.26. The Morgan fingerprint density at radius 3 is 2.71 bits per heavy atom. The summed E-state index contributed by atoms with van der Waals surface area (Å²) in [5.41, 5.74) is 3.26. The minimum Gasteiger partial charge on any atom is -0.465 e. The topological polar surface area (TPSA) is 39.2 Å². The fourth-order valence-electron chi connectivity index (χ4n) is 2.15. The summed E-state index contributed by atoms with van der Waals surface area (Å²) in [6, 6.07) is 8.37. The van der Waals surface area contributed by atoms with Gasteiger partial charge in [-0.2, -0.15) is 0 Å². The number of benzene rings is 1. The van der Waals surface area contributed by atoms with Crippen molar-refractivity contribution < 1.29 is 9.53 Å². The summed E-state index contributed by atoms with van der Waals surface area (Å²) in [6.45, 7) is 8.33. The first-order chi connectivity index (χ1) is 10.0. The van der Waals surface area contributed by atoms with Crippen molar-refractivity contribution in [2.45, 2.75) is 44.4 Å². The van der Waals surface area contributed by atoms with E-state index in [2.05, 4.69) is 31.2 Å². The van der Waals surface area contributed by atoms with Crippen molar-refractivity contribution in [3.05, 3.63) is 35.4 Å². The molecule has 3 nitrogen and oxygen atoms in total. The van der Waals surface area contributed by atoms with Crippen molar-refractivity contribution in [3.8, 4) is 0 Å². The molecular weight excluding hydrogens is 282 g/mol. The molecule has 1 aromatic carbocycles. The van der Waals surface area contributed by atoms with Crippen LogP contribution in [-0.4, -0.2) is 22.8 Å². The Balaban J connectivity index is 2.32. The highest BCUT2D eigenvalue weighted by atomic mass is 32.2. The molecule has 1 heterocycles. The third-order valence-corrected chi connectivity index (χ3v) is 4.74. The Bertz CT molecular complexity index is 655. The smallest absolute Gasteiger partial charge is 0.319 e. The number of carbonyl (C=O) groups is 1. The van der Waals surface area contributed by atoms with Gasteiger partial charge in [-0.1, -0.05) is 30.8 Å². The number of aromatic nitrogens is 1. The minimum absolute atomic E-state index is 0.157. The molecule has 0 N–H and O–H groups in total. The molecule has 0 aliphatic rings. The summed E-state index contributed by atoms with van der Waals surface area (Å²) in [6.07, 6.45) is 0.733. The van der Waals surface area contributed by atoms with E-state index in [1.54, 1.807) is 0 Å². The van der Waals surface area contributed by atoms with E-state index in [4.69, 9.17) is 9.72 Å². The first kappa shape index (κ1) is 15.8. The highest BCUT2D eigenvalue weighted by molar-refractivity contribution is 8.00. The van der Waals surface area contributed by atoms with Crippen LogP contribution in [0.15, 0.2) is 29.3 Å². The first-order valence-electron chi connectivity index (χ1n) is 7.26. The molecule has 2 aromatic rings. The van der Waals surface area contributed by atoms with Gasteiger partial charge in [0.1, 0.15) is 10.3 Å². The maximum atomic E-state index is 11.9.